The third-order valence-corrected chi connectivity index (χ3v) is 2.07. The maximum atomic E-state index is 12.2. The molecule has 0 aliphatic heterocycles. The molecule has 0 N–H and O–H groups in total. The van der Waals surface area contributed by atoms with Crippen LogP contribution in [0.4, 0.5) is 8.78 Å². The van der Waals surface area contributed by atoms with Gasteiger partial charge in [-0.25, -0.2) is 13.8 Å². The Morgan fingerprint density at radius 2 is 2.23 bits per heavy atom. The summed E-state index contributed by atoms with van der Waals surface area (Å²) in [5, 5.41) is 0.442. The van der Waals surface area contributed by atoms with Gasteiger partial charge in [0, 0.05) is 10.9 Å². The second-order valence-corrected chi connectivity index (χ2v) is 2.89. The first-order valence-electron chi connectivity index (χ1n) is 3.48. The third-order valence-electron chi connectivity index (χ3n) is 1.50. The zero-order chi connectivity index (χ0) is 9.84. The van der Waals surface area contributed by atoms with Crippen LogP contribution in [0.2, 0.25) is 0 Å². The Kier molecular flexibility index (Phi) is 3.48. The minimum absolute atomic E-state index is 0.188. The summed E-state index contributed by atoms with van der Waals surface area (Å²) in [6.45, 7) is 0. The van der Waals surface area contributed by atoms with E-state index in [4.69, 9.17) is 0 Å². The fraction of sp³-hybridized carbons (Fsp3) is 0.250. The van der Waals surface area contributed by atoms with E-state index in [-0.39, 0.29) is 11.3 Å². The van der Waals surface area contributed by atoms with E-state index in [9.17, 15) is 13.6 Å². The van der Waals surface area contributed by atoms with Crippen molar-refractivity contribution >= 4 is 22.2 Å². The van der Waals surface area contributed by atoms with Gasteiger partial charge in [0.2, 0.25) is 0 Å². The number of pyridine rings is 1. The molecular weight excluding hydrogens is 244 g/mol. The minimum Gasteiger partial charge on any atom is -0.296 e. The number of rotatable bonds is 3. The predicted molar refractivity (Wildman–Crippen MR) is 47.2 cm³/mol. The van der Waals surface area contributed by atoms with Gasteiger partial charge in [-0.2, -0.15) is 0 Å². The number of halogens is 3. The van der Waals surface area contributed by atoms with Gasteiger partial charge in [0.25, 0.3) is 6.43 Å². The summed E-state index contributed by atoms with van der Waals surface area (Å²) in [7, 11) is 0. The number of alkyl halides is 3. The largest absolute Gasteiger partial charge is 0.296 e. The first kappa shape index (κ1) is 10.2. The summed E-state index contributed by atoms with van der Waals surface area (Å²) in [6.07, 6.45) is -2.31. The van der Waals surface area contributed by atoms with Crippen LogP contribution in [0.25, 0.3) is 0 Å². The van der Waals surface area contributed by atoms with Crippen LogP contribution < -0.4 is 0 Å². The molecule has 13 heavy (non-hydrogen) atoms. The molecule has 0 fully saturated rings. The van der Waals surface area contributed by atoms with E-state index in [1.165, 1.54) is 12.1 Å². The van der Waals surface area contributed by atoms with Gasteiger partial charge in [0.05, 0.1) is 5.69 Å². The first-order valence-corrected chi connectivity index (χ1v) is 4.60. The number of aromatic nitrogens is 1. The van der Waals surface area contributed by atoms with Gasteiger partial charge in [-0.1, -0.05) is 15.9 Å². The Bertz CT molecular complexity index is 317. The number of hydrogen-bond acceptors (Lipinski definition) is 2. The summed E-state index contributed by atoms with van der Waals surface area (Å²) in [5.41, 5.74) is 0.0538. The number of nitrogens with zero attached hydrogens (tertiary/aromatic N) is 1. The van der Waals surface area contributed by atoms with Gasteiger partial charge < -0.3 is 0 Å². The highest BCUT2D eigenvalue weighted by Crippen LogP contribution is 2.21. The average Bonchev–Trinajstić information content (AvgIpc) is 2.16. The molecule has 1 rings (SSSR count). The molecule has 0 amide bonds. The van der Waals surface area contributed by atoms with E-state index in [1.807, 2.05) is 0 Å². The molecule has 1 aromatic rings. The molecule has 0 spiro atoms. The van der Waals surface area contributed by atoms with Gasteiger partial charge in [0.15, 0.2) is 6.29 Å². The molecular formula is C8H6BrF2NO. The summed E-state index contributed by atoms with van der Waals surface area (Å²) >= 11 is 3.12. The van der Waals surface area contributed by atoms with E-state index >= 15 is 0 Å². The lowest BCUT2D eigenvalue weighted by Gasteiger charge is -2.03. The molecule has 1 heterocycles. The Hall–Kier alpha value is -0.840. The van der Waals surface area contributed by atoms with E-state index in [0.29, 0.717) is 17.3 Å². The maximum Gasteiger partial charge on any atom is 0.266 e. The van der Waals surface area contributed by atoms with Gasteiger partial charge in [-0.3, -0.25) is 4.79 Å². The lowest BCUT2D eigenvalue weighted by molar-refractivity contribution is 0.110. The van der Waals surface area contributed by atoms with Gasteiger partial charge in [0.1, 0.15) is 5.69 Å². The molecule has 0 saturated carbocycles. The van der Waals surface area contributed by atoms with E-state index in [2.05, 4.69) is 20.9 Å². The fourth-order valence-electron chi connectivity index (χ4n) is 0.881. The van der Waals surface area contributed by atoms with Crippen molar-refractivity contribution in [2.45, 2.75) is 11.8 Å². The molecule has 0 aliphatic rings. The summed E-state index contributed by atoms with van der Waals surface area (Å²) in [6, 6.07) is 2.68. The molecule has 5 heteroatoms. The molecule has 0 aromatic carbocycles. The number of carbonyl (C=O) groups excluding carboxylic acids is 1. The van der Waals surface area contributed by atoms with Crippen LogP contribution in [0.5, 0.6) is 0 Å². The maximum absolute atomic E-state index is 12.2. The van der Waals surface area contributed by atoms with Gasteiger partial charge in [-0.15, -0.1) is 0 Å². The molecule has 0 saturated heterocycles. The van der Waals surface area contributed by atoms with Crippen LogP contribution in [0.1, 0.15) is 28.2 Å². The highest BCUT2D eigenvalue weighted by molar-refractivity contribution is 9.08. The van der Waals surface area contributed by atoms with E-state index in [0.717, 1.165) is 0 Å². The summed E-state index contributed by atoms with van der Waals surface area (Å²) < 4.78 is 24.5. The quantitative estimate of drug-likeness (QED) is 0.609. The van der Waals surface area contributed by atoms with Crippen LogP contribution >= 0.6 is 15.9 Å². The first-order chi connectivity index (χ1) is 6.19. The van der Waals surface area contributed by atoms with Crippen molar-refractivity contribution in [1.82, 2.24) is 4.98 Å². The molecule has 1 aromatic heterocycles. The van der Waals surface area contributed by atoms with E-state index in [1.54, 1.807) is 0 Å². The SMILES string of the molecule is O=Cc1nc(CBr)ccc1C(F)F. The fourth-order valence-corrected chi connectivity index (χ4v) is 1.19. The van der Waals surface area contributed by atoms with Crippen molar-refractivity contribution in [1.29, 1.82) is 0 Å². The van der Waals surface area contributed by atoms with Crippen molar-refractivity contribution in [3.05, 3.63) is 29.1 Å². The van der Waals surface area contributed by atoms with Crippen molar-refractivity contribution < 1.29 is 13.6 Å². The Labute approximate surface area is 82.1 Å². The van der Waals surface area contributed by atoms with Crippen LogP contribution in [0.3, 0.4) is 0 Å². The number of carbonyl (C=O) groups is 1. The Morgan fingerprint density at radius 1 is 1.54 bits per heavy atom. The van der Waals surface area contributed by atoms with Crippen LogP contribution in [0.15, 0.2) is 12.1 Å². The van der Waals surface area contributed by atoms with Crippen LogP contribution in [0, 0.1) is 0 Å². The number of hydrogen-bond donors (Lipinski definition) is 0. The zero-order valence-corrected chi connectivity index (χ0v) is 8.09. The smallest absolute Gasteiger partial charge is 0.266 e. The molecule has 0 radical (unpaired) electrons. The van der Waals surface area contributed by atoms with Crippen LogP contribution in [-0.2, 0) is 5.33 Å². The molecule has 2 nitrogen and oxygen atoms in total. The summed E-state index contributed by atoms with van der Waals surface area (Å²) in [4.78, 5) is 14.1. The second-order valence-electron chi connectivity index (χ2n) is 2.33. The average molecular weight is 250 g/mol. The van der Waals surface area contributed by atoms with Gasteiger partial charge in [-0.05, 0) is 12.1 Å². The number of aldehydes is 1. The van der Waals surface area contributed by atoms with Crippen molar-refractivity contribution in [3.63, 3.8) is 0 Å². The Morgan fingerprint density at radius 3 is 2.69 bits per heavy atom. The second kappa shape index (κ2) is 4.41. The standard InChI is InChI=1S/C8H6BrF2NO/c9-3-5-1-2-6(8(10)11)7(4-13)12-5/h1-2,4,8H,3H2. The molecule has 0 unspecified atom stereocenters. The molecule has 0 bridgehead atoms. The Balaban J connectivity index is 3.15. The predicted octanol–water partition coefficient (Wildman–Crippen LogP) is 2.73. The van der Waals surface area contributed by atoms with Crippen molar-refractivity contribution in [2.24, 2.45) is 0 Å². The molecule has 70 valence electrons. The lowest BCUT2D eigenvalue weighted by atomic mass is 10.2. The van der Waals surface area contributed by atoms with Crippen molar-refractivity contribution in [3.8, 4) is 0 Å². The lowest BCUT2D eigenvalue weighted by Crippen LogP contribution is -1.99. The van der Waals surface area contributed by atoms with E-state index < -0.39 is 6.43 Å². The monoisotopic (exact) mass is 249 g/mol. The topological polar surface area (TPSA) is 30.0 Å². The third kappa shape index (κ3) is 2.30. The molecule has 0 atom stereocenters. The van der Waals surface area contributed by atoms with Crippen molar-refractivity contribution in [2.75, 3.05) is 0 Å². The van der Waals surface area contributed by atoms with Gasteiger partial charge >= 0.3 is 0 Å². The highest BCUT2D eigenvalue weighted by Gasteiger charge is 2.13. The molecule has 0 aliphatic carbocycles. The zero-order valence-electron chi connectivity index (χ0n) is 6.51. The highest BCUT2D eigenvalue weighted by atomic mass is 79.9. The minimum atomic E-state index is -2.66. The normalized spacial score (nSPS) is 10.5. The summed E-state index contributed by atoms with van der Waals surface area (Å²) in [5.74, 6) is 0. The van der Waals surface area contributed by atoms with Crippen LogP contribution in [-0.4, -0.2) is 11.3 Å².